The van der Waals surface area contributed by atoms with Crippen molar-refractivity contribution in [3.8, 4) is 0 Å². The number of fused-ring (bicyclic) bond motifs is 3. The van der Waals surface area contributed by atoms with Gasteiger partial charge in [-0.15, -0.1) is 0 Å². The normalized spacial score (nSPS) is 48.2. The maximum Gasteiger partial charge on any atom is 0.303 e. The number of hydrogen-bond donors (Lipinski definition) is 6. The Morgan fingerprint density at radius 3 is 2.15 bits per heavy atom. The van der Waals surface area contributed by atoms with E-state index in [1.807, 2.05) is 0 Å². The highest BCUT2D eigenvalue weighted by Gasteiger charge is 2.85. The number of aliphatic hydroxyl groups excluding tert-OH is 5. The molecule has 298 valence electrons. The van der Waals surface area contributed by atoms with Crippen molar-refractivity contribution >= 4 is 11.9 Å². The summed E-state index contributed by atoms with van der Waals surface area (Å²) in [5, 5.41) is 65.0. The molecule has 17 unspecified atom stereocenters. The van der Waals surface area contributed by atoms with Gasteiger partial charge in [-0.3, -0.25) is 9.59 Å². The van der Waals surface area contributed by atoms with Crippen molar-refractivity contribution in [1.29, 1.82) is 0 Å². The molecular formula is C40H66O12. The number of esters is 2. The van der Waals surface area contributed by atoms with E-state index in [4.69, 9.17) is 18.9 Å². The largest absolute Gasteiger partial charge is 0.462 e. The van der Waals surface area contributed by atoms with Crippen LogP contribution in [0.2, 0.25) is 0 Å². The molecule has 12 heteroatoms. The molecule has 0 radical (unpaired) electrons. The fourth-order valence-electron chi connectivity index (χ4n) is 13.8. The van der Waals surface area contributed by atoms with Gasteiger partial charge < -0.3 is 49.6 Å². The minimum Gasteiger partial charge on any atom is -0.462 e. The minimum absolute atomic E-state index is 0.00590. The minimum atomic E-state index is -1.54. The summed E-state index contributed by atoms with van der Waals surface area (Å²) in [5.74, 6) is -0.250. The van der Waals surface area contributed by atoms with E-state index in [1.165, 1.54) is 27.7 Å². The molecule has 0 spiro atoms. The molecule has 0 bridgehead atoms. The van der Waals surface area contributed by atoms with Crippen molar-refractivity contribution in [1.82, 2.24) is 0 Å². The lowest BCUT2D eigenvalue weighted by molar-refractivity contribution is -0.344. The monoisotopic (exact) mass is 738 g/mol. The van der Waals surface area contributed by atoms with Crippen LogP contribution in [0.5, 0.6) is 0 Å². The van der Waals surface area contributed by atoms with Crippen LogP contribution in [0.1, 0.15) is 120 Å². The summed E-state index contributed by atoms with van der Waals surface area (Å²) in [5.41, 5.74) is -2.38. The van der Waals surface area contributed by atoms with Crippen LogP contribution in [-0.2, 0) is 28.5 Å². The van der Waals surface area contributed by atoms with Gasteiger partial charge in [-0.1, -0.05) is 34.6 Å². The zero-order valence-corrected chi connectivity index (χ0v) is 32.7. The number of carbonyl (C=O) groups is 2. The third kappa shape index (κ3) is 5.91. The zero-order chi connectivity index (χ0) is 38.6. The fraction of sp³-hybridized carbons (Fsp3) is 0.950. The van der Waals surface area contributed by atoms with E-state index in [9.17, 15) is 40.2 Å². The van der Waals surface area contributed by atoms with Crippen molar-refractivity contribution in [2.75, 3.05) is 6.61 Å². The highest BCUT2D eigenvalue weighted by atomic mass is 16.7. The Bertz CT molecular complexity index is 1360. The third-order valence-electron chi connectivity index (χ3n) is 16.2. The highest BCUT2D eigenvalue weighted by Crippen LogP contribution is 2.91. The highest BCUT2D eigenvalue weighted by molar-refractivity contribution is 5.66. The Kier molecular flexibility index (Phi) is 10.4. The van der Waals surface area contributed by atoms with Crippen LogP contribution in [0.3, 0.4) is 0 Å². The van der Waals surface area contributed by atoms with E-state index in [-0.39, 0.29) is 56.9 Å². The molecule has 5 aliphatic carbocycles. The third-order valence-corrected chi connectivity index (χ3v) is 16.2. The van der Waals surface area contributed by atoms with Gasteiger partial charge in [0.2, 0.25) is 0 Å². The average molecular weight is 739 g/mol. The number of carbonyl (C=O) groups excluding carboxylic acids is 2. The Hall–Kier alpha value is -1.38. The smallest absolute Gasteiger partial charge is 0.303 e. The van der Waals surface area contributed by atoms with E-state index >= 15 is 0 Å². The molecule has 17 atom stereocenters. The first-order valence-electron chi connectivity index (χ1n) is 19.7. The first-order valence-corrected chi connectivity index (χ1v) is 19.7. The summed E-state index contributed by atoms with van der Waals surface area (Å²) in [6, 6.07) is 0. The molecule has 1 aliphatic heterocycles. The summed E-state index contributed by atoms with van der Waals surface area (Å²) in [6.45, 7) is 16.4. The molecular weight excluding hydrogens is 672 g/mol. The molecule has 6 fully saturated rings. The Labute approximate surface area is 308 Å². The van der Waals surface area contributed by atoms with Crippen LogP contribution in [0, 0.1) is 50.7 Å². The van der Waals surface area contributed by atoms with E-state index in [0.717, 1.165) is 44.9 Å². The van der Waals surface area contributed by atoms with E-state index in [1.54, 1.807) is 0 Å². The van der Waals surface area contributed by atoms with Crippen molar-refractivity contribution in [2.45, 2.75) is 181 Å². The number of aliphatic hydroxyl groups is 6. The van der Waals surface area contributed by atoms with Gasteiger partial charge in [0, 0.05) is 24.7 Å². The summed E-state index contributed by atoms with van der Waals surface area (Å²) >= 11 is 0. The Morgan fingerprint density at radius 2 is 1.56 bits per heavy atom. The predicted molar refractivity (Wildman–Crippen MR) is 188 cm³/mol. The summed E-state index contributed by atoms with van der Waals surface area (Å²) in [7, 11) is 0. The van der Waals surface area contributed by atoms with Crippen molar-refractivity contribution < 1.29 is 59.2 Å². The molecule has 12 nitrogen and oxygen atoms in total. The van der Waals surface area contributed by atoms with Crippen molar-refractivity contribution in [3.05, 3.63) is 0 Å². The SMILES string of the molecule is CC(=O)OC1C(CO)OC(OC2CC3C(C)(C)C(OC(C)=O)CCC3(C)C3CCC45CC4(CCC5C(C)CC(O)C(O)C(C)(C)O)C23C)C(O)C1O. The zero-order valence-electron chi connectivity index (χ0n) is 32.7. The molecule has 1 heterocycles. The van der Waals surface area contributed by atoms with E-state index in [2.05, 4.69) is 34.6 Å². The second kappa shape index (κ2) is 13.4. The first kappa shape index (κ1) is 40.3. The van der Waals surface area contributed by atoms with Gasteiger partial charge in [0.05, 0.1) is 24.4 Å². The lowest BCUT2D eigenvalue weighted by atomic mass is 9.37. The van der Waals surface area contributed by atoms with Crippen LogP contribution in [0.4, 0.5) is 0 Å². The topological polar surface area (TPSA) is 192 Å². The van der Waals surface area contributed by atoms with Crippen LogP contribution in [0.15, 0.2) is 0 Å². The molecule has 0 amide bonds. The molecule has 0 aromatic heterocycles. The summed E-state index contributed by atoms with van der Waals surface area (Å²) in [6.07, 6.45) is -2.13. The molecule has 0 aromatic carbocycles. The van der Waals surface area contributed by atoms with Gasteiger partial charge in [-0.05, 0) is 112 Å². The molecule has 0 aromatic rings. The van der Waals surface area contributed by atoms with E-state index in [0.29, 0.717) is 18.8 Å². The van der Waals surface area contributed by atoms with Gasteiger partial charge in [-0.25, -0.2) is 0 Å². The fourth-order valence-corrected chi connectivity index (χ4v) is 13.8. The van der Waals surface area contributed by atoms with Crippen molar-refractivity contribution in [3.63, 3.8) is 0 Å². The first-order chi connectivity index (χ1) is 24.0. The second-order valence-corrected chi connectivity index (χ2v) is 19.5. The molecule has 1 saturated heterocycles. The van der Waals surface area contributed by atoms with Crippen LogP contribution in [0.25, 0.3) is 0 Å². The van der Waals surface area contributed by atoms with Gasteiger partial charge in [0.1, 0.15) is 30.5 Å². The van der Waals surface area contributed by atoms with E-state index < -0.39 is 67.2 Å². The van der Waals surface area contributed by atoms with Crippen LogP contribution < -0.4 is 0 Å². The molecule has 5 saturated carbocycles. The Morgan fingerprint density at radius 1 is 0.904 bits per heavy atom. The maximum atomic E-state index is 12.3. The molecule has 52 heavy (non-hydrogen) atoms. The van der Waals surface area contributed by atoms with Gasteiger partial charge in [-0.2, -0.15) is 0 Å². The standard InChI is InChI=1S/C40H66O12/c1-20(16-24(44)33(47)36(6,7)48)23-10-15-40-19-39(23,40)14-11-26-37(8)13-12-28(49-21(2)42)35(4,5)27(37)17-29(38(26,40)9)52-34-31(46)30(45)32(50-22(3)43)25(18-41)51-34/h20,23-34,41,44-48H,10-19H2,1-9H3. The quantitative estimate of drug-likeness (QED) is 0.142. The number of hydrogen-bond acceptors (Lipinski definition) is 12. The Balaban J connectivity index is 1.36. The maximum absolute atomic E-state index is 12.3. The second-order valence-electron chi connectivity index (χ2n) is 19.5. The summed E-state index contributed by atoms with van der Waals surface area (Å²) in [4.78, 5) is 24.1. The van der Waals surface area contributed by atoms with Gasteiger partial charge in [0.25, 0.3) is 0 Å². The molecule has 6 aliphatic rings. The van der Waals surface area contributed by atoms with Gasteiger partial charge in [0.15, 0.2) is 12.4 Å². The molecule has 6 rings (SSSR count). The van der Waals surface area contributed by atoms with Crippen LogP contribution in [-0.4, -0.2) is 110 Å². The van der Waals surface area contributed by atoms with Gasteiger partial charge >= 0.3 is 11.9 Å². The number of rotatable bonds is 10. The lowest BCUT2D eigenvalue weighted by Crippen LogP contribution is -2.68. The summed E-state index contributed by atoms with van der Waals surface area (Å²) < 4.78 is 24.4. The lowest BCUT2D eigenvalue weighted by Gasteiger charge is -2.69. The van der Waals surface area contributed by atoms with Crippen LogP contribution >= 0.6 is 0 Å². The van der Waals surface area contributed by atoms with Crippen molar-refractivity contribution in [2.24, 2.45) is 50.7 Å². The molecule has 6 N–H and O–H groups in total. The number of ether oxygens (including phenoxy) is 4. The predicted octanol–water partition coefficient (Wildman–Crippen LogP) is 3.24. The average Bonchev–Trinajstić information content (AvgIpc) is 3.61.